The molecule has 1 unspecified atom stereocenters. The van der Waals surface area contributed by atoms with Gasteiger partial charge in [0.15, 0.2) is 0 Å². The number of carboxylic acids is 1. The first-order chi connectivity index (χ1) is 10.3. The van der Waals surface area contributed by atoms with Crippen molar-refractivity contribution in [3.8, 4) is 0 Å². The Labute approximate surface area is 132 Å². The molecule has 0 aliphatic rings. The number of carbonyl (C=O) groups is 1. The van der Waals surface area contributed by atoms with Crippen molar-refractivity contribution in [2.75, 3.05) is 20.1 Å². The molecule has 1 aromatic rings. The molecule has 0 radical (unpaired) electrons. The van der Waals surface area contributed by atoms with Crippen molar-refractivity contribution in [3.63, 3.8) is 0 Å². The normalized spacial score (nSPS) is 12.9. The van der Waals surface area contributed by atoms with Gasteiger partial charge in [0.25, 0.3) is 5.56 Å². The van der Waals surface area contributed by atoms with Crippen LogP contribution in [0.4, 0.5) is 0 Å². The van der Waals surface area contributed by atoms with Crippen molar-refractivity contribution in [3.05, 3.63) is 33.7 Å². The Morgan fingerprint density at radius 1 is 1.41 bits per heavy atom. The van der Waals surface area contributed by atoms with E-state index in [9.17, 15) is 14.7 Å². The fourth-order valence-corrected chi connectivity index (χ4v) is 2.44. The number of aryl methyl sites for hydroxylation is 1. The molecule has 1 N–H and O–H groups in total. The third-order valence-electron chi connectivity index (χ3n) is 4.01. The summed E-state index contributed by atoms with van der Waals surface area (Å²) in [7, 11) is 2.05. The summed E-state index contributed by atoms with van der Waals surface area (Å²) in [6, 6.07) is 0.758. The van der Waals surface area contributed by atoms with Gasteiger partial charge in [-0.25, -0.2) is 4.79 Å². The molecule has 1 atom stereocenters. The minimum atomic E-state index is -0.948. The van der Waals surface area contributed by atoms with Crippen LogP contribution in [-0.2, 0) is 11.2 Å². The highest BCUT2D eigenvalue weighted by molar-refractivity contribution is 5.71. The zero-order valence-electron chi connectivity index (χ0n) is 14.3. The Hall–Kier alpha value is -1.62. The van der Waals surface area contributed by atoms with Gasteiger partial charge in [0.05, 0.1) is 0 Å². The highest BCUT2D eigenvalue weighted by Crippen LogP contribution is 2.18. The summed E-state index contributed by atoms with van der Waals surface area (Å²) in [5, 5.41) is 9.45. The fourth-order valence-electron chi connectivity index (χ4n) is 2.44. The predicted octanol–water partition coefficient (Wildman–Crippen LogP) is 2.32. The third kappa shape index (κ3) is 4.98. The molecular formula is C17H28N2O3. The second kappa shape index (κ2) is 8.13. The van der Waals surface area contributed by atoms with E-state index in [0.29, 0.717) is 6.42 Å². The second-order valence-corrected chi connectivity index (χ2v) is 6.36. The molecule has 5 heteroatoms. The van der Waals surface area contributed by atoms with Crippen LogP contribution in [0.15, 0.2) is 17.1 Å². The molecule has 0 spiro atoms. The minimum Gasteiger partial charge on any atom is -0.480 e. The monoisotopic (exact) mass is 308 g/mol. The first-order valence-electron chi connectivity index (χ1n) is 7.89. The molecule has 22 heavy (non-hydrogen) atoms. The minimum absolute atomic E-state index is 0.212. The number of aliphatic carboxylic acids is 1. The average molecular weight is 308 g/mol. The summed E-state index contributed by atoms with van der Waals surface area (Å²) in [6.07, 6.45) is 3.00. The van der Waals surface area contributed by atoms with Gasteiger partial charge < -0.3 is 14.6 Å². The van der Waals surface area contributed by atoms with E-state index < -0.39 is 12.0 Å². The van der Waals surface area contributed by atoms with E-state index in [1.54, 1.807) is 12.3 Å². The van der Waals surface area contributed by atoms with Crippen molar-refractivity contribution in [2.24, 2.45) is 5.92 Å². The molecule has 0 aliphatic heterocycles. The van der Waals surface area contributed by atoms with Gasteiger partial charge in [0, 0.05) is 18.8 Å². The number of likely N-dealkylation sites (N-methyl/N-ethyl adjacent to an activating group) is 1. The van der Waals surface area contributed by atoms with E-state index in [1.807, 2.05) is 27.8 Å². The topological polar surface area (TPSA) is 62.5 Å². The number of rotatable bonds is 8. The van der Waals surface area contributed by atoms with Gasteiger partial charge >= 0.3 is 5.97 Å². The van der Waals surface area contributed by atoms with Crippen LogP contribution in [0.5, 0.6) is 0 Å². The molecule has 0 saturated heterocycles. The average Bonchev–Trinajstić information content (AvgIpc) is 2.43. The first-order valence-corrected chi connectivity index (χ1v) is 7.89. The largest absolute Gasteiger partial charge is 0.480 e. The molecule has 0 fully saturated rings. The summed E-state index contributed by atoms with van der Waals surface area (Å²) in [6.45, 7) is 9.78. The van der Waals surface area contributed by atoms with Crippen LogP contribution >= 0.6 is 0 Å². The van der Waals surface area contributed by atoms with E-state index in [-0.39, 0.29) is 11.5 Å². The molecule has 5 nitrogen and oxygen atoms in total. The molecule has 0 bridgehead atoms. The molecule has 1 aromatic heterocycles. The molecule has 124 valence electrons. The Balaban J connectivity index is 3.13. The number of hydrogen-bond acceptors (Lipinski definition) is 3. The Bertz CT molecular complexity index is 564. The van der Waals surface area contributed by atoms with Crippen molar-refractivity contribution in [1.82, 2.24) is 9.47 Å². The maximum absolute atomic E-state index is 12.2. The van der Waals surface area contributed by atoms with Crippen LogP contribution in [0, 0.1) is 12.8 Å². The second-order valence-electron chi connectivity index (χ2n) is 6.36. The maximum atomic E-state index is 12.2. The molecule has 0 aliphatic carbocycles. The van der Waals surface area contributed by atoms with E-state index in [4.69, 9.17) is 0 Å². The summed E-state index contributed by atoms with van der Waals surface area (Å²) < 4.78 is 1.39. The van der Waals surface area contributed by atoms with E-state index in [2.05, 4.69) is 11.8 Å². The number of nitrogens with zero attached hydrogens (tertiary/aromatic N) is 2. The van der Waals surface area contributed by atoms with Gasteiger partial charge in [-0.15, -0.1) is 0 Å². The van der Waals surface area contributed by atoms with Gasteiger partial charge in [0.2, 0.25) is 0 Å². The van der Waals surface area contributed by atoms with Crippen LogP contribution in [0.1, 0.15) is 44.4 Å². The lowest BCUT2D eigenvalue weighted by Crippen LogP contribution is -2.31. The highest BCUT2D eigenvalue weighted by atomic mass is 16.4. The van der Waals surface area contributed by atoms with Crippen molar-refractivity contribution in [1.29, 1.82) is 0 Å². The lowest BCUT2D eigenvalue weighted by molar-refractivity contribution is -0.141. The molecular weight excluding hydrogens is 280 g/mol. The maximum Gasteiger partial charge on any atom is 0.326 e. The Morgan fingerprint density at radius 2 is 2.05 bits per heavy atom. The summed E-state index contributed by atoms with van der Waals surface area (Å²) in [5.41, 5.74) is 1.73. The SMILES string of the molecule is CCN(C)CCc1cn(C(CC(C)C)C(=O)O)c(=O)cc1C. The van der Waals surface area contributed by atoms with E-state index in [0.717, 1.165) is 30.6 Å². The van der Waals surface area contributed by atoms with Gasteiger partial charge in [-0.3, -0.25) is 4.79 Å². The zero-order chi connectivity index (χ0) is 16.9. The standard InChI is InChI=1S/C17H28N2O3/c1-6-18(5)8-7-14-11-19(16(20)10-13(14)4)15(17(21)22)9-12(2)3/h10-12,15H,6-9H2,1-5H3,(H,21,22). The molecule has 0 amide bonds. The third-order valence-corrected chi connectivity index (χ3v) is 4.01. The number of pyridine rings is 1. The van der Waals surface area contributed by atoms with Crippen molar-refractivity contribution < 1.29 is 9.90 Å². The van der Waals surface area contributed by atoms with Gasteiger partial charge in [-0.2, -0.15) is 0 Å². The van der Waals surface area contributed by atoms with Crippen molar-refractivity contribution >= 4 is 5.97 Å². The molecule has 0 aromatic carbocycles. The molecule has 1 heterocycles. The van der Waals surface area contributed by atoms with Gasteiger partial charge in [-0.05, 0) is 50.4 Å². The lowest BCUT2D eigenvalue weighted by atomic mass is 10.0. The number of hydrogen-bond donors (Lipinski definition) is 1. The highest BCUT2D eigenvalue weighted by Gasteiger charge is 2.22. The van der Waals surface area contributed by atoms with Crippen LogP contribution < -0.4 is 5.56 Å². The van der Waals surface area contributed by atoms with Gasteiger partial charge in [-0.1, -0.05) is 20.8 Å². The number of carboxylic acid groups (broad SMARTS) is 1. The summed E-state index contributed by atoms with van der Waals surface area (Å²) >= 11 is 0. The van der Waals surface area contributed by atoms with Gasteiger partial charge in [0.1, 0.15) is 6.04 Å². The first kappa shape index (κ1) is 18.4. The number of aromatic nitrogens is 1. The zero-order valence-corrected chi connectivity index (χ0v) is 14.3. The fraction of sp³-hybridized carbons (Fsp3) is 0.647. The lowest BCUT2D eigenvalue weighted by Gasteiger charge is -2.20. The van der Waals surface area contributed by atoms with Crippen LogP contribution in [0.3, 0.4) is 0 Å². The molecule has 1 rings (SSSR count). The Morgan fingerprint density at radius 3 is 2.55 bits per heavy atom. The summed E-state index contributed by atoms with van der Waals surface area (Å²) in [4.78, 5) is 25.9. The summed E-state index contributed by atoms with van der Waals surface area (Å²) in [5.74, 6) is -0.736. The van der Waals surface area contributed by atoms with Crippen LogP contribution in [0.2, 0.25) is 0 Å². The smallest absolute Gasteiger partial charge is 0.326 e. The van der Waals surface area contributed by atoms with Crippen LogP contribution in [-0.4, -0.2) is 40.7 Å². The van der Waals surface area contributed by atoms with Crippen molar-refractivity contribution in [2.45, 2.75) is 46.6 Å². The molecule has 0 saturated carbocycles. The predicted molar refractivity (Wildman–Crippen MR) is 88.4 cm³/mol. The Kier molecular flexibility index (Phi) is 6.81. The van der Waals surface area contributed by atoms with E-state index >= 15 is 0 Å². The quantitative estimate of drug-likeness (QED) is 0.800. The van der Waals surface area contributed by atoms with E-state index in [1.165, 1.54) is 4.57 Å². The van der Waals surface area contributed by atoms with Crippen LogP contribution in [0.25, 0.3) is 0 Å².